The number of benzene rings is 2. The molecule has 90 heavy (non-hydrogen) atoms. The quantitative estimate of drug-likeness (QED) is 0.0700. The number of aliphatic hydroxyl groups excluding tert-OH is 1. The minimum atomic E-state index is -1.63. The first-order chi connectivity index (χ1) is 42.5. The normalized spacial score (nSPS) is 24.3. The van der Waals surface area contributed by atoms with Gasteiger partial charge in [-0.3, -0.25) is 68.4 Å². The van der Waals surface area contributed by atoms with Crippen molar-refractivity contribution in [2.24, 2.45) is 40.9 Å². The number of rotatable bonds is 14. The molecular formula is C60H95N15O15. The van der Waals surface area contributed by atoms with Gasteiger partial charge in [0.15, 0.2) is 0 Å². The molecule has 3 rings (SSSR count). The first-order valence-corrected chi connectivity index (χ1v) is 30.4. The summed E-state index contributed by atoms with van der Waals surface area (Å²) in [6.45, 7) is 12.8. The summed E-state index contributed by atoms with van der Waals surface area (Å²) in [5.41, 5.74) is 22.9. The van der Waals surface area contributed by atoms with Gasteiger partial charge in [-0.15, -0.1) is 0 Å². The van der Waals surface area contributed by atoms with Crippen LogP contribution in [0.25, 0.3) is 0 Å². The van der Waals surface area contributed by atoms with Crippen molar-refractivity contribution in [2.75, 3.05) is 38.7 Å². The highest BCUT2D eigenvalue weighted by Gasteiger charge is 2.37. The van der Waals surface area contributed by atoms with E-state index in [-0.39, 0.29) is 93.2 Å². The highest BCUT2D eigenvalue weighted by atomic mass is 16.5. The number of hydrogen-bond donors (Lipinski definition) is 17. The second-order valence-electron chi connectivity index (χ2n) is 23.4. The Labute approximate surface area is 524 Å². The summed E-state index contributed by atoms with van der Waals surface area (Å²) in [6.07, 6.45) is 1.47. The Kier molecular flexibility index (Phi) is 32.1. The molecule has 10 atom stereocenters. The molecule has 30 heteroatoms. The van der Waals surface area contributed by atoms with E-state index in [1.54, 1.807) is 53.7 Å². The number of phenolic OH excluding ortho intramolecular Hbond substituents is 1. The molecule has 2 aromatic rings. The minimum Gasteiger partial charge on any atom is -0.508 e. The lowest BCUT2D eigenvalue weighted by Crippen LogP contribution is -2.62. The Hall–Kier alpha value is -8.48. The Bertz CT molecular complexity index is 2790. The lowest BCUT2D eigenvalue weighted by atomic mass is 9.95. The van der Waals surface area contributed by atoms with Crippen LogP contribution in [-0.4, -0.2) is 169 Å². The number of amides is 12. The molecule has 1 aliphatic heterocycles. The lowest BCUT2D eigenvalue weighted by molar-refractivity contribution is -0.138. The molecule has 12 amide bonds. The van der Waals surface area contributed by atoms with Crippen LogP contribution in [0.4, 0.5) is 5.69 Å². The van der Waals surface area contributed by atoms with E-state index in [1.807, 2.05) is 13.8 Å². The maximum Gasteiger partial charge on any atom is 0.313 e. The van der Waals surface area contributed by atoms with E-state index in [1.165, 1.54) is 31.4 Å². The number of carbonyl (C=O) groups is 12. The Morgan fingerprint density at radius 3 is 1.62 bits per heavy atom. The van der Waals surface area contributed by atoms with Crippen LogP contribution < -0.4 is 86.0 Å². The molecule has 0 fully saturated rings. The van der Waals surface area contributed by atoms with Crippen LogP contribution in [0.1, 0.15) is 129 Å². The van der Waals surface area contributed by atoms with Crippen LogP contribution in [0.15, 0.2) is 42.5 Å². The van der Waals surface area contributed by atoms with E-state index >= 15 is 0 Å². The minimum absolute atomic E-state index is 0.00272. The molecular weight excluding hydrogens is 1170 g/mol. The van der Waals surface area contributed by atoms with E-state index in [2.05, 4.69) is 64.0 Å². The van der Waals surface area contributed by atoms with Gasteiger partial charge in [-0.05, 0) is 117 Å². The summed E-state index contributed by atoms with van der Waals surface area (Å²) in [5, 5.41) is 46.3. The Morgan fingerprint density at radius 1 is 0.556 bits per heavy atom. The van der Waals surface area contributed by atoms with Crippen molar-refractivity contribution in [3.63, 3.8) is 0 Å². The topological polar surface area (TPSA) is 477 Å². The molecule has 2 bridgehead atoms. The van der Waals surface area contributed by atoms with Crippen molar-refractivity contribution < 1.29 is 72.5 Å². The number of nitrogens with two attached hydrogens (primary N) is 3. The molecule has 1 aliphatic rings. The number of fused-ring (bicyclic) bond motifs is 2. The smallest absolute Gasteiger partial charge is 0.313 e. The monoisotopic (exact) mass is 1270 g/mol. The van der Waals surface area contributed by atoms with E-state index in [0.29, 0.717) is 24.8 Å². The van der Waals surface area contributed by atoms with Crippen molar-refractivity contribution in [3.05, 3.63) is 53.6 Å². The van der Waals surface area contributed by atoms with Gasteiger partial charge >= 0.3 is 11.8 Å². The fourth-order valence-electron chi connectivity index (χ4n) is 9.29. The predicted octanol–water partition coefficient (Wildman–Crippen LogP) is -2.28. The third kappa shape index (κ3) is 24.8. The molecule has 0 saturated carbocycles. The number of methoxy groups -OCH3 is 1. The zero-order valence-electron chi connectivity index (χ0n) is 52.9. The predicted molar refractivity (Wildman–Crippen MR) is 332 cm³/mol. The Balaban J connectivity index is 1.99. The summed E-state index contributed by atoms with van der Waals surface area (Å²) < 4.78 is 5.33. The van der Waals surface area contributed by atoms with Gasteiger partial charge in [-0.25, -0.2) is 0 Å². The zero-order valence-corrected chi connectivity index (χ0v) is 52.9. The van der Waals surface area contributed by atoms with Crippen LogP contribution in [0, 0.1) is 23.7 Å². The summed E-state index contributed by atoms with van der Waals surface area (Å²) in [6, 6.07) is -1.98. The van der Waals surface area contributed by atoms with Gasteiger partial charge in [0.2, 0.25) is 47.3 Å². The van der Waals surface area contributed by atoms with Crippen LogP contribution in [-0.2, 0) is 59.2 Å². The molecule has 0 saturated heterocycles. The lowest BCUT2D eigenvalue weighted by Gasteiger charge is -2.30. The second kappa shape index (κ2) is 38.2. The van der Waals surface area contributed by atoms with Crippen molar-refractivity contribution in [2.45, 2.75) is 174 Å². The third-order valence-corrected chi connectivity index (χ3v) is 14.9. The fraction of sp³-hybridized carbons (Fsp3) is 0.600. The Morgan fingerprint density at radius 2 is 1.08 bits per heavy atom. The number of hydrogen-bond acceptors (Lipinski definition) is 18. The second-order valence-corrected chi connectivity index (χ2v) is 23.4. The summed E-state index contributed by atoms with van der Waals surface area (Å²) in [7, 11) is 1.26. The molecule has 0 aliphatic carbocycles. The maximum absolute atomic E-state index is 14.2. The van der Waals surface area contributed by atoms with Gasteiger partial charge in [0.05, 0.1) is 31.4 Å². The number of ether oxygens (including phenoxy) is 1. The van der Waals surface area contributed by atoms with Crippen molar-refractivity contribution in [3.8, 4) is 11.5 Å². The maximum atomic E-state index is 14.2. The number of aliphatic hydroxyl groups is 1. The number of nitrogens with one attached hydrogen (secondary N) is 12. The molecule has 30 nitrogen and oxygen atoms in total. The summed E-state index contributed by atoms with van der Waals surface area (Å²) >= 11 is 0. The molecule has 0 spiro atoms. The largest absolute Gasteiger partial charge is 0.508 e. The number of aromatic hydroxyl groups is 1. The SMILES string of the molecule is CC[C@H](C)[C@@H]1NC(=O)[C@H](CO)NC(=O)[C@H](C(C)C)NC(=O)[C@@H](N)CCCNC(=O)[C@H](CC(C)C)NC(=O)[C@H](CCCCN)NC(=O)C(=O)Nc2ccc(OC)c(c2)C(=O)NNC(=O)[C@@H](N)CCCNC(=O)[C@H](Cc2ccc(O)cc2)NC(=O)[C@H](C(C)C)NC1=O. The van der Waals surface area contributed by atoms with Crippen molar-refractivity contribution in [1.82, 2.24) is 58.7 Å². The van der Waals surface area contributed by atoms with Crippen LogP contribution >= 0.6 is 0 Å². The molecule has 1 heterocycles. The van der Waals surface area contributed by atoms with Crippen molar-refractivity contribution >= 4 is 76.6 Å². The van der Waals surface area contributed by atoms with Gasteiger partial charge < -0.3 is 85.3 Å². The van der Waals surface area contributed by atoms with Crippen LogP contribution in [0.5, 0.6) is 11.5 Å². The zero-order chi connectivity index (χ0) is 67.4. The number of hydrazine groups is 1. The average Bonchev–Trinajstić information content (AvgIpc) is 2.60. The van der Waals surface area contributed by atoms with E-state index in [0.717, 1.165) is 6.07 Å². The number of carbonyl (C=O) groups excluding carboxylic acids is 12. The van der Waals surface area contributed by atoms with E-state index in [9.17, 15) is 67.7 Å². The molecule has 0 radical (unpaired) electrons. The molecule has 0 unspecified atom stereocenters. The number of phenols is 1. The fourth-order valence-corrected chi connectivity index (χ4v) is 9.29. The van der Waals surface area contributed by atoms with Crippen LogP contribution in [0.3, 0.4) is 0 Å². The highest BCUT2D eigenvalue weighted by molar-refractivity contribution is 6.40. The van der Waals surface area contributed by atoms with Gasteiger partial charge in [0, 0.05) is 25.2 Å². The summed E-state index contributed by atoms with van der Waals surface area (Å²) in [5.74, 6) is -12.4. The van der Waals surface area contributed by atoms with Gasteiger partial charge in [-0.2, -0.15) is 0 Å². The van der Waals surface area contributed by atoms with Gasteiger partial charge in [-0.1, -0.05) is 73.9 Å². The first-order valence-electron chi connectivity index (χ1n) is 30.4. The van der Waals surface area contributed by atoms with E-state index in [4.69, 9.17) is 21.9 Å². The molecule has 2 aromatic carbocycles. The van der Waals surface area contributed by atoms with E-state index < -0.39 is 150 Å². The van der Waals surface area contributed by atoms with Crippen molar-refractivity contribution in [1.29, 1.82) is 0 Å². The molecule has 20 N–H and O–H groups in total. The summed E-state index contributed by atoms with van der Waals surface area (Å²) in [4.78, 5) is 164. The number of anilines is 1. The molecule has 0 aromatic heterocycles. The average molecular weight is 1270 g/mol. The number of unbranched alkanes of at least 4 members (excludes halogenated alkanes) is 1. The first kappa shape index (κ1) is 75.8. The molecule has 500 valence electrons. The highest BCUT2D eigenvalue weighted by Crippen LogP contribution is 2.23. The third-order valence-electron chi connectivity index (χ3n) is 14.9. The van der Waals surface area contributed by atoms with Crippen LogP contribution in [0.2, 0.25) is 0 Å². The van der Waals surface area contributed by atoms with Gasteiger partial charge in [0.25, 0.3) is 11.8 Å². The standard InChI is InChI=1S/C60H95N15O15/c1-10-34(8)48-58(87)72-47(33(6)7)56(85)69-43(28-35-18-21-37(77)22-19-35)53(82)65-26-14-16-40(63)51(80)75-74-49(78)38-29-36(20-23-45(38)90-9)66-59(88)60(89)67-41(17-11-12-24-61)54(83)68-42(27-31(2)3)52(81)64-25-13-15-39(62)50(79)71-46(32(4)5)57(86)70-44(30-76)55(84)73-48/h18-23,29,31-34,39-44,46-48,76-77H,10-17,24-28,30,61-63H2,1-9H3,(H,64,81)(H,65,82)(H,66,88)(H,67,89)(H,68,83)(H,69,85)(H,70,86)(H,71,79)(H,72,87)(H,73,84)(H,74,78)(H,75,80)/t34-,39-,40-,41-,42-,43-,44-,46-,47-,48-/m0/s1. The van der Waals surface area contributed by atoms with Gasteiger partial charge in [0.1, 0.15) is 53.8 Å².